The highest BCUT2D eigenvalue weighted by Gasteiger charge is 2.15. The van der Waals surface area contributed by atoms with Crippen molar-refractivity contribution in [2.24, 2.45) is 0 Å². The lowest BCUT2D eigenvalue weighted by molar-refractivity contribution is 0.0809. The molecule has 0 aliphatic heterocycles. The van der Waals surface area contributed by atoms with Gasteiger partial charge in [0.15, 0.2) is 0 Å². The lowest BCUT2D eigenvalue weighted by Gasteiger charge is -2.22. The van der Waals surface area contributed by atoms with Crippen molar-refractivity contribution >= 4 is 0 Å². The second kappa shape index (κ2) is 7.51. The van der Waals surface area contributed by atoms with E-state index in [0.29, 0.717) is 6.61 Å². The Morgan fingerprint density at radius 2 is 2.00 bits per heavy atom. The third kappa shape index (κ3) is 5.62. The molecular weight excluding hydrogens is 238 g/mol. The van der Waals surface area contributed by atoms with Crippen molar-refractivity contribution in [3.8, 4) is 5.75 Å². The zero-order valence-corrected chi connectivity index (χ0v) is 12.8. The summed E-state index contributed by atoms with van der Waals surface area (Å²) in [6.45, 7) is 11.0. The molecule has 0 aliphatic carbocycles. The van der Waals surface area contributed by atoms with Crippen molar-refractivity contribution in [1.29, 1.82) is 0 Å². The Kier molecular flexibility index (Phi) is 6.32. The van der Waals surface area contributed by atoms with Crippen LogP contribution in [0.4, 0.5) is 0 Å². The van der Waals surface area contributed by atoms with Crippen molar-refractivity contribution in [2.45, 2.75) is 39.2 Å². The minimum absolute atomic E-state index is 0.0418. The van der Waals surface area contributed by atoms with Crippen LogP contribution in [0.15, 0.2) is 24.3 Å². The van der Waals surface area contributed by atoms with Crippen molar-refractivity contribution in [1.82, 2.24) is 5.32 Å². The van der Waals surface area contributed by atoms with Crippen LogP contribution < -0.4 is 10.1 Å². The third-order valence-corrected chi connectivity index (χ3v) is 2.98. The van der Waals surface area contributed by atoms with Crippen LogP contribution in [0.2, 0.25) is 0 Å². The Labute approximate surface area is 117 Å². The first-order chi connectivity index (χ1) is 8.97. The van der Waals surface area contributed by atoms with E-state index in [1.165, 1.54) is 5.56 Å². The zero-order chi connectivity index (χ0) is 14.3. The minimum atomic E-state index is 0.0418. The standard InChI is InChI=1S/C16H27NO2/c1-6-17-11-15(12-18-5)19-14-9-7-8-13(10-14)16(2,3)4/h7-10,15,17H,6,11-12H2,1-5H3. The summed E-state index contributed by atoms with van der Waals surface area (Å²) in [6, 6.07) is 8.31. The molecule has 19 heavy (non-hydrogen) atoms. The monoisotopic (exact) mass is 265 g/mol. The van der Waals surface area contributed by atoms with Gasteiger partial charge in [0.05, 0.1) is 6.61 Å². The largest absolute Gasteiger partial charge is 0.487 e. The van der Waals surface area contributed by atoms with E-state index in [9.17, 15) is 0 Å². The van der Waals surface area contributed by atoms with Crippen LogP contribution in [0.5, 0.6) is 5.75 Å². The summed E-state index contributed by atoms with van der Waals surface area (Å²) in [4.78, 5) is 0. The SMILES string of the molecule is CCNCC(COC)Oc1cccc(C(C)(C)C)c1. The highest BCUT2D eigenvalue weighted by molar-refractivity contribution is 5.32. The summed E-state index contributed by atoms with van der Waals surface area (Å²) in [6.07, 6.45) is 0.0418. The highest BCUT2D eigenvalue weighted by atomic mass is 16.5. The van der Waals surface area contributed by atoms with Crippen LogP contribution >= 0.6 is 0 Å². The molecule has 1 aromatic carbocycles. The van der Waals surface area contributed by atoms with Crippen LogP contribution in [0.1, 0.15) is 33.3 Å². The van der Waals surface area contributed by atoms with Gasteiger partial charge in [-0.3, -0.25) is 0 Å². The molecule has 1 rings (SSSR count). The number of rotatable bonds is 7. The van der Waals surface area contributed by atoms with Gasteiger partial charge in [-0.15, -0.1) is 0 Å². The smallest absolute Gasteiger partial charge is 0.134 e. The molecule has 1 unspecified atom stereocenters. The molecule has 1 atom stereocenters. The van der Waals surface area contributed by atoms with Crippen LogP contribution in [-0.4, -0.2) is 32.9 Å². The molecule has 0 amide bonds. The number of likely N-dealkylation sites (N-methyl/N-ethyl adjacent to an activating group) is 1. The molecule has 1 aromatic rings. The maximum atomic E-state index is 6.01. The molecule has 108 valence electrons. The maximum Gasteiger partial charge on any atom is 0.134 e. The van der Waals surface area contributed by atoms with Crippen LogP contribution in [0.25, 0.3) is 0 Å². The van der Waals surface area contributed by atoms with Gasteiger partial charge >= 0.3 is 0 Å². The molecule has 0 bridgehead atoms. The number of methoxy groups -OCH3 is 1. The number of hydrogen-bond acceptors (Lipinski definition) is 3. The quantitative estimate of drug-likeness (QED) is 0.822. The fourth-order valence-corrected chi connectivity index (χ4v) is 1.85. The summed E-state index contributed by atoms with van der Waals surface area (Å²) < 4.78 is 11.2. The van der Waals surface area contributed by atoms with Gasteiger partial charge in [0.1, 0.15) is 11.9 Å². The Hall–Kier alpha value is -1.06. The molecular formula is C16H27NO2. The molecule has 0 radical (unpaired) electrons. The normalized spacial score (nSPS) is 13.3. The Morgan fingerprint density at radius 3 is 2.58 bits per heavy atom. The average molecular weight is 265 g/mol. The highest BCUT2D eigenvalue weighted by Crippen LogP contribution is 2.26. The van der Waals surface area contributed by atoms with Crippen LogP contribution in [0.3, 0.4) is 0 Å². The van der Waals surface area contributed by atoms with Gasteiger partial charge in [0, 0.05) is 13.7 Å². The summed E-state index contributed by atoms with van der Waals surface area (Å²) in [5.74, 6) is 0.910. The van der Waals surface area contributed by atoms with Gasteiger partial charge < -0.3 is 14.8 Å². The molecule has 0 spiro atoms. The first-order valence-corrected chi connectivity index (χ1v) is 6.94. The molecule has 0 fully saturated rings. The summed E-state index contributed by atoms with van der Waals surface area (Å²) >= 11 is 0. The molecule has 1 N–H and O–H groups in total. The van der Waals surface area contributed by atoms with Gasteiger partial charge in [-0.1, -0.05) is 39.8 Å². The van der Waals surface area contributed by atoms with E-state index in [2.05, 4.69) is 45.1 Å². The predicted molar refractivity (Wildman–Crippen MR) is 80.0 cm³/mol. The van der Waals surface area contributed by atoms with E-state index in [-0.39, 0.29) is 11.5 Å². The maximum absolute atomic E-state index is 6.01. The van der Waals surface area contributed by atoms with E-state index < -0.39 is 0 Å². The molecule has 0 aromatic heterocycles. The fourth-order valence-electron chi connectivity index (χ4n) is 1.85. The van der Waals surface area contributed by atoms with Crippen LogP contribution in [0, 0.1) is 0 Å². The van der Waals surface area contributed by atoms with Gasteiger partial charge in [0.2, 0.25) is 0 Å². The first kappa shape index (κ1) is 16.0. The van der Waals surface area contributed by atoms with Gasteiger partial charge in [0.25, 0.3) is 0 Å². The first-order valence-electron chi connectivity index (χ1n) is 6.94. The van der Waals surface area contributed by atoms with Gasteiger partial charge in [-0.05, 0) is 29.7 Å². The number of nitrogens with one attached hydrogen (secondary N) is 1. The molecule has 0 heterocycles. The number of benzene rings is 1. The summed E-state index contributed by atoms with van der Waals surface area (Å²) in [5.41, 5.74) is 1.42. The lowest BCUT2D eigenvalue weighted by Crippen LogP contribution is -2.34. The van der Waals surface area contributed by atoms with Crippen molar-refractivity contribution in [3.05, 3.63) is 29.8 Å². The number of ether oxygens (including phenoxy) is 2. The van der Waals surface area contributed by atoms with E-state index in [0.717, 1.165) is 18.8 Å². The predicted octanol–water partition coefficient (Wildman–Crippen LogP) is 2.99. The second-order valence-electron chi connectivity index (χ2n) is 5.78. The Bertz CT molecular complexity index is 371. The van der Waals surface area contributed by atoms with E-state index in [1.54, 1.807) is 7.11 Å². The molecule has 0 aliphatic rings. The van der Waals surface area contributed by atoms with Gasteiger partial charge in [-0.25, -0.2) is 0 Å². The van der Waals surface area contributed by atoms with E-state index in [4.69, 9.17) is 9.47 Å². The zero-order valence-electron chi connectivity index (χ0n) is 12.8. The number of hydrogen-bond donors (Lipinski definition) is 1. The third-order valence-electron chi connectivity index (χ3n) is 2.98. The molecule has 3 heteroatoms. The minimum Gasteiger partial charge on any atom is -0.487 e. The molecule has 3 nitrogen and oxygen atoms in total. The summed E-state index contributed by atoms with van der Waals surface area (Å²) in [5, 5.41) is 3.29. The van der Waals surface area contributed by atoms with Crippen molar-refractivity contribution in [2.75, 3.05) is 26.8 Å². The van der Waals surface area contributed by atoms with Crippen molar-refractivity contribution < 1.29 is 9.47 Å². The summed E-state index contributed by atoms with van der Waals surface area (Å²) in [7, 11) is 1.70. The topological polar surface area (TPSA) is 30.5 Å². The average Bonchev–Trinajstić information content (AvgIpc) is 2.35. The van der Waals surface area contributed by atoms with Gasteiger partial charge in [-0.2, -0.15) is 0 Å². The fraction of sp³-hybridized carbons (Fsp3) is 0.625. The second-order valence-corrected chi connectivity index (χ2v) is 5.78. The molecule has 0 saturated heterocycles. The van der Waals surface area contributed by atoms with E-state index in [1.807, 2.05) is 12.1 Å². The van der Waals surface area contributed by atoms with Crippen LogP contribution in [-0.2, 0) is 10.2 Å². The lowest BCUT2D eigenvalue weighted by atomic mass is 9.87. The Morgan fingerprint density at radius 1 is 1.26 bits per heavy atom. The Balaban J connectivity index is 2.73. The van der Waals surface area contributed by atoms with Crippen molar-refractivity contribution in [3.63, 3.8) is 0 Å². The van der Waals surface area contributed by atoms with E-state index >= 15 is 0 Å². The molecule has 0 saturated carbocycles.